The van der Waals surface area contributed by atoms with Crippen molar-refractivity contribution in [2.75, 3.05) is 10.7 Å². The highest BCUT2D eigenvalue weighted by Gasteiger charge is 2.32. The van der Waals surface area contributed by atoms with Gasteiger partial charge >= 0.3 is 6.36 Å². The third-order valence-electron chi connectivity index (χ3n) is 6.40. The van der Waals surface area contributed by atoms with E-state index in [0.717, 1.165) is 40.8 Å². The molecule has 9 nitrogen and oxygen atoms in total. The number of amides is 1. The summed E-state index contributed by atoms with van der Waals surface area (Å²) in [5.74, 6) is 0.352. The summed E-state index contributed by atoms with van der Waals surface area (Å²) >= 11 is 6.69. The van der Waals surface area contributed by atoms with Crippen molar-refractivity contribution in [3.8, 4) is 22.8 Å². The van der Waals surface area contributed by atoms with Crippen LogP contribution in [0.2, 0.25) is 0 Å². The van der Waals surface area contributed by atoms with Crippen molar-refractivity contribution >= 4 is 45.9 Å². The number of amidine groups is 1. The Balaban J connectivity index is 1.17. The molecule has 1 aromatic heterocycles. The molecule has 0 bridgehead atoms. The molecule has 1 aliphatic heterocycles. The molecule has 1 N–H and O–H groups in total. The Morgan fingerprint density at radius 1 is 1.11 bits per heavy atom. The second-order valence-corrected chi connectivity index (χ2v) is 11.1. The predicted molar refractivity (Wildman–Crippen MR) is 167 cm³/mol. The van der Waals surface area contributed by atoms with Crippen molar-refractivity contribution in [1.82, 2.24) is 20.2 Å². The van der Waals surface area contributed by atoms with Crippen LogP contribution in [0.25, 0.3) is 17.1 Å². The van der Waals surface area contributed by atoms with Crippen molar-refractivity contribution < 1.29 is 27.5 Å². The number of ether oxygens (including phenoxy) is 1. The number of aryl methyl sites for hydroxylation is 2. The van der Waals surface area contributed by atoms with Gasteiger partial charge in [0.1, 0.15) is 12.1 Å². The Morgan fingerprint density at radius 3 is 2.57 bits per heavy atom. The Labute approximate surface area is 261 Å². The summed E-state index contributed by atoms with van der Waals surface area (Å²) in [6.07, 6.45) is -1.49. The van der Waals surface area contributed by atoms with Gasteiger partial charge in [0.05, 0.1) is 23.7 Å². The van der Waals surface area contributed by atoms with Gasteiger partial charge in [0.15, 0.2) is 11.0 Å². The van der Waals surface area contributed by atoms with Crippen LogP contribution >= 0.6 is 24.0 Å². The quantitative estimate of drug-likeness (QED) is 0.163. The van der Waals surface area contributed by atoms with Crippen LogP contribution in [0.5, 0.6) is 5.75 Å². The molecule has 3 aromatic carbocycles. The van der Waals surface area contributed by atoms with Crippen LogP contribution in [0.1, 0.15) is 30.0 Å². The standard InChI is InChI=1S/C30H27F3N6O3S2/c1-3-4-21-8-5-19(2)15-25(21)39-26(40)17-44-29(39)35-28(43)37-41-16-20-6-9-22(10-7-20)27-34-18-38(36-27)23-11-13-24(14-12-23)42-30(31,32)33/h5-15,18H,3-4,16-17H2,1-2H3,(H,37,43). The highest BCUT2D eigenvalue weighted by atomic mass is 32.2. The Hall–Kier alpha value is -4.27. The number of nitrogens with zero attached hydrogens (tertiary/aromatic N) is 5. The number of rotatable bonds is 9. The van der Waals surface area contributed by atoms with Crippen LogP contribution in [0.15, 0.2) is 78.0 Å². The molecule has 0 saturated carbocycles. The van der Waals surface area contributed by atoms with E-state index in [1.807, 2.05) is 49.4 Å². The predicted octanol–water partition coefficient (Wildman–Crippen LogP) is 6.54. The molecule has 1 amide bonds. The molecule has 1 aliphatic rings. The molecule has 4 aromatic rings. The molecule has 5 rings (SSSR count). The van der Waals surface area contributed by atoms with E-state index in [9.17, 15) is 18.0 Å². The fraction of sp³-hybridized carbons (Fsp3) is 0.233. The van der Waals surface area contributed by atoms with Crippen molar-refractivity contribution in [3.63, 3.8) is 0 Å². The summed E-state index contributed by atoms with van der Waals surface area (Å²) in [6.45, 7) is 4.27. The fourth-order valence-corrected chi connectivity index (χ4v) is 5.48. The summed E-state index contributed by atoms with van der Waals surface area (Å²) in [5.41, 5.74) is 7.74. The number of aliphatic imine (C=N–C) groups is 1. The lowest BCUT2D eigenvalue weighted by Gasteiger charge is -2.20. The monoisotopic (exact) mass is 640 g/mol. The summed E-state index contributed by atoms with van der Waals surface area (Å²) in [6, 6.07) is 18.7. The Morgan fingerprint density at radius 2 is 1.86 bits per heavy atom. The SMILES string of the molecule is CCCc1ccc(C)cc1N1C(=O)CSC1=NC(=S)NOCc1ccc(-c2ncn(-c3ccc(OC(F)(F)F)cc3)n2)cc1. The summed E-state index contributed by atoms with van der Waals surface area (Å²) in [7, 11) is 0. The minimum Gasteiger partial charge on any atom is -0.406 e. The topological polar surface area (TPSA) is 93.9 Å². The summed E-state index contributed by atoms with van der Waals surface area (Å²) in [4.78, 5) is 28.7. The van der Waals surface area contributed by atoms with Gasteiger partial charge in [-0.05, 0) is 72.6 Å². The summed E-state index contributed by atoms with van der Waals surface area (Å²) in [5, 5.41) is 5.01. The Kier molecular flexibility index (Phi) is 9.61. The molecule has 1 fully saturated rings. The van der Waals surface area contributed by atoms with Crippen LogP contribution < -0.4 is 15.1 Å². The zero-order valence-electron chi connectivity index (χ0n) is 23.7. The third kappa shape index (κ3) is 7.81. The number of carbonyl (C=O) groups is 1. The zero-order chi connectivity index (χ0) is 31.3. The van der Waals surface area contributed by atoms with Crippen LogP contribution in [-0.2, 0) is 22.7 Å². The number of hydroxylamine groups is 1. The van der Waals surface area contributed by atoms with Gasteiger partial charge in [-0.1, -0.05) is 61.5 Å². The average Bonchev–Trinajstić information content (AvgIpc) is 3.61. The third-order valence-corrected chi connectivity index (χ3v) is 7.50. The first-order valence-corrected chi connectivity index (χ1v) is 14.9. The van der Waals surface area contributed by atoms with E-state index in [1.54, 1.807) is 4.90 Å². The van der Waals surface area contributed by atoms with Crippen LogP contribution in [0, 0.1) is 6.92 Å². The highest BCUT2D eigenvalue weighted by molar-refractivity contribution is 8.15. The number of alkyl halides is 3. The van der Waals surface area contributed by atoms with Crippen LogP contribution in [0.4, 0.5) is 18.9 Å². The molecule has 14 heteroatoms. The van der Waals surface area contributed by atoms with Gasteiger partial charge < -0.3 is 4.74 Å². The first-order valence-electron chi connectivity index (χ1n) is 13.5. The lowest BCUT2D eigenvalue weighted by atomic mass is 10.0. The number of nitrogens with one attached hydrogen (secondary N) is 1. The Bertz CT molecular complexity index is 1670. The molecule has 2 heterocycles. The maximum atomic E-state index is 12.8. The smallest absolute Gasteiger partial charge is 0.406 e. The number of benzene rings is 3. The van der Waals surface area contributed by atoms with E-state index < -0.39 is 6.36 Å². The average molecular weight is 641 g/mol. The van der Waals surface area contributed by atoms with Gasteiger partial charge in [0, 0.05) is 5.56 Å². The molecule has 0 spiro atoms. The van der Waals surface area contributed by atoms with E-state index in [2.05, 4.69) is 32.2 Å². The molecule has 0 unspecified atom stereocenters. The molecule has 0 aliphatic carbocycles. The molecular formula is C30H27F3N6O3S2. The first kappa shape index (κ1) is 31.2. The van der Waals surface area contributed by atoms with E-state index in [0.29, 0.717) is 16.7 Å². The number of aromatic nitrogens is 3. The second-order valence-electron chi connectivity index (χ2n) is 9.74. The lowest BCUT2D eigenvalue weighted by Crippen LogP contribution is -2.32. The van der Waals surface area contributed by atoms with Crippen molar-refractivity contribution in [1.29, 1.82) is 0 Å². The van der Waals surface area contributed by atoms with Gasteiger partial charge in [0.25, 0.3) is 0 Å². The molecule has 1 saturated heterocycles. The highest BCUT2D eigenvalue weighted by Crippen LogP contribution is 2.31. The van der Waals surface area contributed by atoms with Gasteiger partial charge in [-0.3, -0.25) is 14.5 Å². The normalized spacial score (nSPS) is 14.3. The molecule has 228 valence electrons. The number of carbonyl (C=O) groups excluding carboxylic acids is 1. The molecular weight excluding hydrogens is 613 g/mol. The second kappa shape index (κ2) is 13.6. The maximum Gasteiger partial charge on any atom is 0.573 e. The van der Waals surface area contributed by atoms with Gasteiger partial charge in [-0.25, -0.2) is 15.1 Å². The molecule has 44 heavy (non-hydrogen) atoms. The van der Waals surface area contributed by atoms with E-state index in [4.69, 9.17) is 17.1 Å². The van der Waals surface area contributed by atoms with E-state index >= 15 is 0 Å². The lowest BCUT2D eigenvalue weighted by molar-refractivity contribution is -0.274. The first-order chi connectivity index (χ1) is 21.1. The van der Waals surface area contributed by atoms with Gasteiger partial charge in [-0.15, -0.1) is 18.3 Å². The molecule has 0 atom stereocenters. The van der Waals surface area contributed by atoms with Gasteiger partial charge in [-0.2, -0.15) is 4.99 Å². The number of halogens is 3. The summed E-state index contributed by atoms with van der Waals surface area (Å²) < 4.78 is 42.5. The number of hydrogen-bond acceptors (Lipinski definition) is 7. The maximum absolute atomic E-state index is 12.8. The van der Waals surface area contributed by atoms with E-state index in [-0.39, 0.29) is 29.1 Å². The number of anilines is 1. The van der Waals surface area contributed by atoms with Gasteiger partial charge in [0.2, 0.25) is 11.0 Å². The van der Waals surface area contributed by atoms with Crippen molar-refractivity contribution in [3.05, 3.63) is 89.7 Å². The number of thiocarbonyl (C=S) groups is 1. The minimum absolute atomic E-state index is 0.0479. The van der Waals surface area contributed by atoms with Crippen molar-refractivity contribution in [2.45, 2.75) is 39.7 Å². The number of thioether (sulfide) groups is 1. The minimum atomic E-state index is -4.76. The van der Waals surface area contributed by atoms with Crippen molar-refractivity contribution in [2.24, 2.45) is 4.99 Å². The number of hydrogen-bond donors (Lipinski definition) is 1. The molecule has 0 radical (unpaired) electrons. The van der Waals surface area contributed by atoms with Crippen LogP contribution in [-0.4, -0.2) is 43.1 Å². The fourth-order valence-electron chi connectivity index (χ4n) is 4.41. The zero-order valence-corrected chi connectivity index (χ0v) is 25.3. The largest absolute Gasteiger partial charge is 0.573 e. The van der Waals surface area contributed by atoms with Crippen LogP contribution in [0.3, 0.4) is 0 Å². The van der Waals surface area contributed by atoms with E-state index in [1.165, 1.54) is 47.0 Å².